The van der Waals surface area contributed by atoms with Gasteiger partial charge < -0.3 is 0 Å². The minimum atomic E-state index is -4.61. The van der Waals surface area contributed by atoms with Gasteiger partial charge >= 0.3 is 6.18 Å². The van der Waals surface area contributed by atoms with Crippen LogP contribution in [0.5, 0.6) is 0 Å². The van der Waals surface area contributed by atoms with Crippen molar-refractivity contribution in [3.8, 4) is 0 Å². The Hall–Kier alpha value is -1.27. The molecule has 2 fully saturated rings. The Labute approximate surface area is 178 Å². The molecule has 156 valence electrons. The zero-order chi connectivity index (χ0) is 20.6. The Morgan fingerprint density at radius 1 is 0.931 bits per heavy atom. The maximum Gasteiger partial charge on any atom is 0.423 e. The lowest BCUT2D eigenvalue weighted by Gasteiger charge is -2.36. The van der Waals surface area contributed by atoms with E-state index in [1.807, 2.05) is 30.3 Å². The van der Waals surface area contributed by atoms with Crippen molar-refractivity contribution in [2.24, 2.45) is 0 Å². The van der Waals surface area contributed by atoms with Gasteiger partial charge in [-0.2, -0.15) is 18.2 Å². The van der Waals surface area contributed by atoms with E-state index in [1.54, 1.807) is 5.06 Å². The summed E-state index contributed by atoms with van der Waals surface area (Å²) >= 11 is 12.0. The first kappa shape index (κ1) is 21.0. The lowest BCUT2D eigenvalue weighted by Crippen LogP contribution is -2.44. The van der Waals surface area contributed by atoms with Crippen LogP contribution in [0.15, 0.2) is 48.5 Å². The number of benzene rings is 2. The summed E-state index contributed by atoms with van der Waals surface area (Å²) in [6.07, 6.45) is -0.0694. The van der Waals surface area contributed by atoms with Crippen LogP contribution in [0.3, 0.4) is 0 Å². The van der Waals surface area contributed by atoms with E-state index in [9.17, 15) is 13.2 Å². The number of hydroxylamine groups is 2. The van der Waals surface area contributed by atoms with E-state index in [-0.39, 0.29) is 28.1 Å². The molecule has 2 aromatic carbocycles. The smallest absolute Gasteiger partial charge is 0.277 e. The molecule has 0 amide bonds. The molecule has 1 aliphatic carbocycles. The number of nitrogens with zero attached hydrogens (tertiary/aromatic N) is 1. The Bertz CT molecular complexity index is 855. The predicted octanol–water partition coefficient (Wildman–Crippen LogP) is 7.46. The Kier molecular flexibility index (Phi) is 5.86. The summed E-state index contributed by atoms with van der Waals surface area (Å²) in [6, 6.07) is 12.8. The second-order valence-corrected chi connectivity index (χ2v) is 8.64. The van der Waals surface area contributed by atoms with Crippen molar-refractivity contribution in [1.29, 1.82) is 0 Å². The topological polar surface area (TPSA) is 12.5 Å². The van der Waals surface area contributed by atoms with E-state index in [0.717, 1.165) is 37.7 Å². The largest absolute Gasteiger partial charge is 0.423 e. The number of rotatable bonds is 3. The Morgan fingerprint density at radius 2 is 1.62 bits per heavy atom. The van der Waals surface area contributed by atoms with Gasteiger partial charge in [0.15, 0.2) is 0 Å². The quantitative estimate of drug-likeness (QED) is 0.487. The van der Waals surface area contributed by atoms with Gasteiger partial charge in [0.2, 0.25) is 5.60 Å². The highest BCUT2D eigenvalue weighted by Crippen LogP contribution is 2.56. The second-order valence-electron chi connectivity index (χ2n) is 7.83. The van der Waals surface area contributed by atoms with Crippen LogP contribution in [0, 0.1) is 0 Å². The van der Waals surface area contributed by atoms with E-state index < -0.39 is 17.8 Å². The van der Waals surface area contributed by atoms with Crippen molar-refractivity contribution in [2.75, 3.05) is 0 Å². The fourth-order valence-electron chi connectivity index (χ4n) is 4.50. The fourth-order valence-corrected chi connectivity index (χ4v) is 4.79. The molecule has 29 heavy (non-hydrogen) atoms. The average Bonchev–Trinajstić information content (AvgIpc) is 3.14. The van der Waals surface area contributed by atoms with E-state index in [1.165, 1.54) is 18.2 Å². The molecule has 1 saturated heterocycles. The molecule has 4 rings (SSSR count). The summed E-state index contributed by atoms with van der Waals surface area (Å²) in [7, 11) is 0. The molecule has 0 bridgehead atoms. The van der Waals surface area contributed by atoms with Crippen molar-refractivity contribution in [3.63, 3.8) is 0 Å². The highest BCUT2D eigenvalue weighted by molar-refractivity contribution is 6.42. The molecule has 2 atom stereocenters. The van der Waals surface area contributed by atoms with Gasteiger partial charge in [-0.25, -0.2) is 0 Å². The van der Waals surface area contributed by atoms with Crippen molar-refractivity contribution < 1.29 is 18.0 Å². The standard InChI is InChI=1S/C22H22Cl2F3NO/c23-18-12-11-16(13-19(18)24)21(22(25,26)27)14-20(15-7-3-1-4-8-15)28(29-21)17-9-5-2-6-10-17/h1,3-4,7-8,11-13,17,20H,2,5-6,9-10,14H2. The molecular formula is C22H22Cl2F3NO. The SMILES string of the molecule is FC(F)(F)C1(c2ccc(Cl)c(Cl)c2)CC(c2ccccc2)N(C2CCCCC2)O1. The zero-order valence-electron chi connectivity index (χ0n) is 15.8. The molecule has 0 N–H and O–H groups in total. The molecular weight excluding hydrogens is 422 g/mol. The van der Waals surface area contributed by atoms with E-state index in [2.05, 4.69) is 0 Å². The minimum absolute atomic E-state index is 0.0151. The van der Waals surface area contributed by atoms with E-state index in [0.29, 0.717) is 0 Å². The van der Waals surface area contributed by atoms with Crippen LogP contribution >= 0.6 is 23.2 Å². The summed E-state index contributed by atoms with van der Waals surface area (Å²) in [4.78, 5) is 5.91. The van der Waals surface area contributed by atoms with Crippen LogP contribution < -0.4 is 0 Å². The third-order valence-corrected chi connectivity index (χ3v) is 6.75. The van der Waals surface area contributed by atoms with Gasteiger partial charge in [-0.15, -0.1) is 0 Å². The van der Waals surface area contributed by atoms with E-state index in [4.69, 9.17) is 28.0 Å². The summed E-state index contributed by atoms with van der Waals surface area (Å²) in [5.41, 5.74) is -1.65. The van der Waals surface area contributed by atoms with Gasteiger partial charge in [0.05, 0.1) is 16.1 Å². The molecule has 1 heterocycles. The molecule has 1 aliphatic heterocycles. The maximum atomic E-state index is 14.5. The van der Waals surface area contributed by atoms with Crippen LogP contribution in [0.25, 0.3) is 0 Å². The molecule has 0 radical (unpaired) electrons. The van der Waals surface area contributed by atoms with Crippen molar-refractivity contribution in [1.82, 2.24) is 5.06 Å². The van der Waals surface area contributed by atoms with Gasteiger partial charge in [-0.1, -0.05) is 78.9 Å². The minimum Gasteiger partial charge on any atom is -0.277 e. The molecule has 0 aromatic heterocycles. The zero-order valence-corrected chi connectivity index (χ0v) is 17.3. The van der Waals surface area contributed by atoms with Crippen molar-refractivity contribution in [2.45, 2.75) is 62.4 Å². The molecule has 0 spiro atoms. The first-order chi connectivity index (χ1) is 13.8. The van der Waals surface area contributed by atoms with Crippen LogP contribution in [0.4, 0.5) is 13.2 Å². The Balaban J connectivity index is 1.80. The van der Waals surface area contributed by atoms with Gasteiger partial charge in [-0.05, 0) is 36.1 Å². The number of alkyl halides is 3. The van der Waals surface area contributed by atoms with E-state index >= 15 is 0 Å². The van der Waals surface area contributed by atoms with Gasteiger partial charge in [0, 0.05) is 12.5 Å². The average molecular weight is 444 g/mol. The van der Waals surface area contributed by atoms with Crippen LogP contribution in [-0.2, 0) is 10.4 Å². The first-order valence-corrected chi connectivity index (χ1v) is 10.6. The van der Waals surface area contributed by atoms with Crippen molar-refractivity contribution in [3.05, 3.63) is 69.7 Å². The second kappa shape index (κ2) is 8.10. The number of halogens is 5. The normalized spacial score (nSPS) is 26.7. The summed E-state index contributed by atoms with van der Waals surface area (Å²) < 4.78 is 43.6. The summed E-state index contributed by atoms with van der Waals surface area (Å²) in [5, 5.41) is 1.92. The molecule has 2 unspecified atom stereocenters. The van der Waals surface area contributed by atoms with Gasteiger partial charge in [0.1, 0.15) is 0 Å². The van der Waals surface area contributed by atoms with Crippen LogP contribution in [0.1, 0.15) is 55.7 Å². The maximum absolute atomic E-state index is 14.5. The van der Waals surface area contributed by atoms with Crippen molar-refractivity contribution >= 4 is 23.2 Å². The summed E-state index contributed by atoms with van der Waals surface area (Å²) in [6.45, 7) is 0. The first-order valence-electron chi connectivity index (χ1n) is 9.86. The molecule has 2 aromatic rings. The fraction of sp³-hybridized carbons (Fsp3) is 0.455. The molecule has 2 aliphatic rings. The number of hydrogen-bond donors (Lipinski definition) is 0. The van der Waals surface area contributed by atoms with Gasteiger partial charge in [0.25, 0.3) is 0 Å². The summed E-state index contributed by atoms with van der Waals surface area (Å²) in [5.74, 6) is 0. The lowest BCUT2D eigenvalue weighted by molar-refractivity contribution is -0.337. The molecule has 2 nitrogen and oxygen atoms in total. The third-order valence-electron chi connectivity index (χ3n) is 6.01. The number of hydrogen-bond acceptors (Lipinski definition) is 2. The lowest BCUT2D eigenvalue weighted by atomic mass is 9.85. The Morgan fingerprint density at radius 3 is 2.24 bits per heavy atom. The highest BCUT2D eigenvalue weighted by atomic mass is 35.5. The van der Waals surface area contributed by atoms with Crippen LogP contribution in [-0.4, -0.2) is 17.3 Å². The van der Waals surface area contributed by atoms with Crippen LogP contribution in [0.2, 0.25) is 10.0 Å². The monoisotopic (exact) mass is 443 g/mol. The highest BCUT2D eigenvalue weighted by Gasteiger charge is 2.64. The third kappa shape index (κ3) is 3.90. The molecule has 7 heteroatoms. The predicted molar refractivity (Wildman–Crippen MR) is 108 cm³/mol. The van der Waals surface area contributed by atoms with Gasteiger partial charge in [-0.3, -0.25) is 4.84 Å². The molecule has 1 saturated carbocycles.